The number of aromatic nitrogens is 2. The van der Waals surface area contributed by atoms with Crippen molar-refractivity contribution >= 4 is 21.4 Å². The molecule has 0 amide bonds. The molecule has 0 saturated carbocycles. The van der Waals surface area contributed by atoms with Gasteiger partial charge in [0, 0.05) is 28.0 Å². The van der Waals surface area contributed by atoms with Crippen molar-refractivity contribution in [3.8, 4) is 22.5 Å². The summed E-state index contributed by atoms with van der Waals surface area (Å²) in [6.45, 7) is 0. The highest BCUT2D eigenvalue weighted by Crippen LogP contribution is 2.38. The first kappa shape index (κ1) is 12.2. The summed E-state index contributed by atoms with van der Waals surface area (Å²) in [4.78, 5) is 9.04. The van der Waals surface area contributed by atoms with Crippen molar-refractivity contribution in [2.24, 2.45) is 0 Å². The molecule has 21 heavy (non-hydrogen) atoms. The Labute approximate surface area is 126 Å². The summed E-state index contributed by atoms with van der Waals surface area (Å²) in [6.07, 6.45) is 3.67. The van der Waals surface area contributed by atoms with Gasteiger partial charge in [-0.3, -0.25) is 9.97 Å². The molecule has 4 rings (SSSR count). The first-order chi connectivity index (χ1) is 10.4. The topological polar surface area (TPSA) is 25.8 Å². The van der Waals surface area contributed by atoms with Crippen molar-refractivity contribution in [3.05, 3.63) is 72.4 Å². The summed E-state index contributed by atoms with van der Waals surface area (Å²) in [5, 5.41) is 3.39. The van der Waals surface area contributed by atoms with Gasteiger partial charge >= 0.3 is 0 Å². The van der Waals surface area contributed by atoms with Gasteiger partial charge in [-0.2, -0.15) is 0 Å². The maximum atomic E-state index is 4.58. The molecule has 0 saturated heterocycles. The Bertz CT molecular complexity index is 883. The molecule has 0 bridgehead atoms. The number of pyridine rings is 2. The normalized spacial score (nSPS) is 10.9. The van der Waals surface area contributed by atoms with Crippen LogP contribution in [0.2, 0.25) is 0 Å². The van der Waals surface area contributed by atoms with E-state index in [1.54, 1.807) is 11.3 Å². The Balaban J connectivity index is 2.03. The first-order valence-corrected chi connectivity index (χ1v) is 7.64. The van der Waals surface area contributed by atoms with E-state index in [4.69, 9.17) is 0 Å². The second-order valence-corrected chi connectivity index (χ2v) is 5.67. The molecular weight excluding hydrogens is 276 g/mol. The summed E-state index contributed by atoms with van der Waals surface area (Å²) in [5.41, 5.74) is 4.31. The van der Waals surface area contributed by atoms with Gasteiger partial charge < -0.3 is 0 Å². The van der Waals surface area contributed by atoms with Crippen molar-refractivity contribution in [1.82, 2.24) is 9.97 Å². The third kappa shape index (κ3) is 2.12. The van der Waals surface area contributed by atoms with Crippen LogP contribution in [0.15, 0.2) is 72.4 Å². The number of hydrogen-bond donors (Lipinski definition) is 0. The minimum absolute atomic E-state index is 0.915. The molecule has 2 nitrogen and oxygen atoms in total. The van der Waals surface area contributed by atoms with Gasteiger partial charge in [-0.05, 0) is 29.1 Å². The van der Waals surface area contributed by atoms with Gasteiger partial charge in [0.25, 0.3) is 0 Å². The fourth-order valence-electron chi connectivity index (χ4n) is 2.51. The van der Waals surface area contributed by atoms with Gasteiger partial charge in [0.2, 0.25) is 0 Å². The molecule has 0 N–H and O–H groups in total. The third-order valence-corrected chi connectivity index (χ3v) is 4.43. The number of hydrogen-bond acceptors (Lipinski definition) is 3. The molecule has 1 aromatic carbocycles. The first-order valence-electron chi connectivity index (χ1n) is 6.76. The van der Waals surface area contributed by atoms with Gasteiger partial charge in [-0.1, -0.05) is 36.4 Å². The van der Waals surface area contributed by atoms with Crippen LogP contribution in [0.3, 0.4) is 0 Å². The van der Waals surface area contributed by atoms with Crippen molar-refractivity contribution in [2.45, 2.75) is 0 Å². The minimum Gasteiger partial charge on any atom is -0.255 e. The lowest BCUT2D eigenvalue weighted by Gasteiger charge is -2.05. The van der Waals surface area contributed by atoms with E-state index in [1.165, 1.54) is 21.2 Å². The van der Waals surface area contributed by atoms with Crippen LogP contribution in [0, 0.1) is 0 Å². The van der Waals surface area contributed by atoms with E-state index in [0.717, 1.165) is 11.4 Å². The predicted octanol–water partition coefficient (Wildman–Crippen LogP) is 5.03. The van der Waals surface area contributed by atoms with Crippen LogP contribution in [0.5, 0.6) is 0 Å². The van der Waals surface area contributed by atoms with Crippen molar-refractivity contribution in [1.29, 1.82) is 0 Å². The summed E-state index contributed by atoms with van der Waals surface area (Å²) >= 11 is 1.75. The van der Waals surface area contributed by atoms with Crippen molar-refractivity contribution in [2.75, 3.05) is 0 Å². The number of thiophene rings is 1. The van der Waals surface area contributed by atoms with Gasteiger partial charge in [0.05, 0.1) is 11.4 Å². The van der Waals surface area contributed by atoms with Crippen LogP contribution in [-0.2, 0) is 0 Å². The van der Waals surface area contributed by atoms with Crippen LogP contribution in [0.4, 0.5) is 0 Å². The quantitative estimate of drug-likeness (QED) is 0.517. The molecule has 0 aliphatic heterocycles. The maximum Gasteiger partial charge on any atom is 0.0979 e. The molecular formula is C18H12N2S. The number of benzene rings is 1. The van der Waals surface area contributed by atoms with Gasteiger partial charge in [0.15, 0.2) is 0 Å². The Morgan fingerprint density at radius 2 is 1.62 bits per heavy atom. The van der Waals surface area contributed by atoms with E-state index >= 15 is 0 Å². The van der Waals surface area contributed by atoms with E-state index in [2.05, 4.69) is 45.7 Å². The minimum atomic E-state index is 0.915. The highest BCUT2D eigenvalue weighted by atomic mass is 32.1. The largest absolute Gasteiger partial charge is 0.255 e. The van der Waals surface area contributed by atoms with E-state index in [0.29, 0.717) is 0 Å². The molecule has 0 unspecified atom stereocenters. The van der Waals surface area contributed by atoms with Gasteiger partial charge in [-0.15, -0.1) is 11.3 Å². The molecule has 0 atom stereocenters. The summed E-state index contributed by atoms with van der Waals surface area (Å²) in [6, 6.07) is 18.4. The van der Waals surface area contributed by atoms with Crippen LogP contribution in [0.25, 0.3) is 32.6 Å². The molecule has 3 heterocycles. The monoisotopic (exact) mass is 288 g/mol. The zero-order valence-electron chi connectivity index (χ0n) is 11.2. The predicted molar refractivity (Wildman–Crippen MR) is 88.3 cm³/mol. The van der Waals surface area contributed by atoms with E-state index in [9.17, 15) is 0 Å². The molecule has 0 aliphatic rings. The van der Waals surface area contributed by atoms with Crippen molar-refractivity contribution in [3.63, 3.8) is 0 Å². The Hall–Kier alpha value is -2.52. The number of fused-ring (bicyclic) bond motifs is 1. The van der Waals surface area contributed by atoms with Gasteiger partial charge in [0.1, 0.15) is 0 Å². The summed E-state index contributed by atoms with van der Waals surface area (Å²) < 4.78 is 1.24. The molecule has 100 valence electrons. The number of nitrogens with zero attached hydrogens (tertiary/aromatic N) is 2. The molecule has 0 spiro atoms. The highest BCUT2D eigenvalue weighted by molar-refractivity contribution is 7.17. The lowest BCUT2D eigenvalue weighted by Crippen LogP contribution is -1.88. The third-order valence-electron chi connectivity index (χ3n) is 3.48. The number of rotatable bonds is 2. The van der Waals surface area contributed by atoms with Crippen LogP contribution < -0.4 is 0 Å². The Morgan fingerprint density at radius 3 is 2.43 bits per heavy atom. The molecule has 0 radical (unpaired) electrons. The molecule has 4 aromatic rings. The Morgan fingerprint density at radius 1 is 0.762 bits per heavy atom. The lowest BCUT2D eigenvalue weighted by atomic mass is 10.0. The lowest BCUT2D eigenvalue weighted by molar-refractivity contribution is 1.27. The summed E-state index contributed by atoms with van der Waals surface area (Å²) in [7, 11) is 0. The highest BCUT2D eigenvalue weighted by Gasteiger charge is 2.13. The zero-order chi connectivity index (χ0) is 14.1. The fraction of sp³-hybridized carbons (Fsp3) is 0. The summed E-state index contributed by atoms with van der Waals surface area (Å²) in [5.74, 6) is 0. The van der Waals surface area contributed by atoms with Crippen LogP contribution >= 0.6 is 11.3 Å². The molecule has 0 aliphatic carbocycles. The standard InChI is InChI=1S/C18H12N2S/c1-2-6-13(7-3-1)14-12-21-16-9-11-20-18(17(14)16)15-8-4-5-10-19-15/h1-12H. The van der Waals surface area contributed by atoms with E-state index in [-0.39, 0.29) is 0 Å². The van der Waals surface area contributed by atoms with Crippen LogP contribution in [0.1, 0.15) is 0 Å². The van der Waals surface area contributed by atoms with E-state index in [1.807, 2.05) is 36.7 Å². The second-order valence-electron chi connectivity index (χ2n) is 4.76. The average molecular weight is 288 g/mol. The van der Waals surface area contributed by atoms with Gasteiger partial charge in [-0.25, -0.2) is 0 Å². The molecule has 0 fully saturated rings. The second kappa shape index (κ2) is 5.11. The van der Waals surface area contributed by atoms with Crippen LogP contribution in [-0.4, -0.2) is 9.97 Å². The fourth-order valence-corrected chi connectivity index (χ4v) is 3.47. The zero-order valence-corrected chi connectivity index (χ0v) is 12.0. The maximum absolute atomic E-state index is 4.58. The Kier molecular flexibility index (Phi) is 2.98. The SMILES string of the molecule is c1ccc(-c2csc3ccnc(-c4ccccn4)c23)cc1. The average Bonchev–Trinajstić information content (AvgIpc) is 3.00. The molecule has 3 heteroatoms. The molecule has 3 aromatic heterocycles. The van der Waals surface area contributed by atoms with E-state index < -0.39 is 0 Å². The smallest absolute Gasteiger partial charge is 0.0979 e. The van der Waals surface area contributed by atoms with Crippen molar-refractivity contribution < 1.29 is 0 Å².